The van der Waals surface area contributed by atoms with Crippen LogP contribution >= 0.6 is 11.6 Å². The number of fused-ring (bicyclic) bond motifs is 1. The number of rotatable bonds is 6. The zero-order valence-electron chi connectivity index (χ0n) is 21.7. The smallest absolute Gasteiger partial charge is 0.408 e. The van der Waals surface area contributed by atoms with Crippen molar-refractivity contribution in [3.63, 3.8) is 0 Å². The molecule has 0 spiro atoms. The first-order valence-corrected chi connectivity index (χ1v) is 12.1. The molecule has 4 N–H and O–H groups in total. The van der Waals surface area contributed by atoms with E-state index in [-0.39, 0.29) is 22.8 Å². The van der Waals surface area contributed by atoms with E-state index in [1.807, 2.05) is 0 Å². The number of hydrogen-bond acceptors (Lipinski definition) is 5. The minimum Gasteiger partial charge on any atom is -0.465 e. The number of urea groups is 1. The van der Waals surface area contributed by atoms with Crippen LogP contribution in [0.3, 0.4) is 0 Å². The third-order valence-corrected chi connectivity index (χ3v) is 6.09. The van der Waals surface area contributed by atoms with E-state index in [9.17, 15) is 24.6 Å². The Morgan fingerprint density at radius 3 is 2.38 bits per heavy atom. The van der Waals surface area contributed by atoms with Crippen molar-refractivity contribution in [1.82, 2.24) is 19.8 Å². The maximum absolute atomic E-state index is 13.8. The molecule has 3 rings (SSSR count). The molecular weight excluding hydrogens is 498 g/mol. The van der Waals surface area contributed by atoms with E-state index in [0.29, 0.717) is 16.9 Å². The van der Waals surface area contributed by atoms with Gasteiger partial charge in [-0.25, -0.2) is 14.6 Å². The molecule has 1 heterocycles. The number of anilines is 1. The fourth-order valence-electron chi connectivity index (χ4n) is 4.12. The largest absolute Gasteiger partial charge is 0.465 e. The van der Waals surface area contributed by atoms with Gasteiger partial charge in [-0.2, -0.15) is 0 Å². The Bertz CT molecular complexity index is 1400. The average Bonchev–Trinajstić information content (AvgIpc) is 2.77. The summed E-state index contributed by atoms with van der Waals surface area (Å²) in [5, 5.41) is 25.2. The number of aliphatic hydroxyl groups excluding tert-OH is 1. The zero-order chi connectivity index (χ0) is 27.7. The number of carbonyl (C=O) groups is 2. The predicted octanol–water partition coefficient (Wildman–Crippen LogP) is 4.77. The SMILES string of the molecule is C[C@@H](c1nc2cccc(Cl)c2c(=O)n1-c1cccc(NC(=O)NC(C)(C)CO)c1)N(C(=O)O)C(C)(C)C. The van der Waals surface area contributed by atoms with Crippen molar-refractivity contribution in [2.45, 2.75) is 58.7 Å². The Hall–Kier alpha value is -3.63. The summed E-state index contributed by atoms with van der Waals surface area (Å²) in [7, 11) is 0. The lowest BCUT2D eigenvalue weighted by atomic mass is 10.0. The number of nitrogens with zero attached hydrogens (tertiary/aromatic N) is 3. The van der Waals surface area contributed by atoms with E-state index in [2.05, 4.69) is 15.6 Å². The number of hydrogen-bond donors (Lipinski definition) is 4. The van der Waals surface area contributed by atoms with Gasteiger partial charge in [0.25, 0.3) is 5.56 Å². The molecule has 0 unspecified atom stereocenters. The monoisotopic (exact) mass is 529 g/mol. The molecule has 10 nitrogen and oxygen atoms in total. The summed E-state index contributed by atoms with van der Waals surface area (Å²) in [6, 6.07) is 10.1. The first kappa shape index (κ1) is 27.9. The summed E-state index contributed by atoms with van der Waals surface area (Å²) >= 11 is 6.37. The van der Waals surface area contributed by atoms with Gasteiger partial charge in [-0.15, -0.1) is 0 Å². The lowest BCUT2D eigenvalue weighted by Gasteiger charge is -2.38. The fourth-order valence-corrected chi connectivity index (χ4v) is 4.37. The van der Waals surface area contributed by atoms with Gasteiger partial charge >= 0.3 is 12.1 Å². The molecule has 0 saturated heterocycles. The van der Waals surface area contributed by atoms with Gasteiger partial charge in [0.1, 0.15) is 5.82 Å². The fraction of sp³-hybridized carbons (Fsp3) is 0.385. The van der Waals surface area contributed by atoms with E-state index < -0.39 is 34.8 Å². The van der Waals surface area contributed by atoms with Crippen molar-refractivity contribution in [3.05, 3.63) is 63.7 Å². The first-order chi connectivity index (χ1) is 17.2. The second kappa shape index (κ2) is 10.4. The van der Waals surface area contributed by atoms with Gasteiger partial charge in [-0.1, -0.05) is 23.7 Å². The van der Waals surface area contributed by atoms with E-state index in [0.717, 1.165) is 0 Å². The third-order valence-electron chi connectivity index (χ3n) is 5.77. The second-order valence-electron chi connectivity index (χ2n) is 10.4. The van der Waals surface area contributed by atoms with Crippen molar-refractivity contribution in [2.75, 3.05) is 11.9 Å². The Balaban J connectivity index is 2.22. The van der Waals surface area contributed by atoms with Gasteiger partial charge in [0, 0.05) is 11.2 Å². The minimum absolute atomic E-state index is 0.193. The number of aromatic nitrogens is 2. The van der Waals surface area contributed by atoms with Gasteiger partial charge in [-0.3, -0.25) is 14.3 Å². The van der Waals surface area contributed by atoms with E-state index in [1.54, 1.807) is 84.0 Å². The van der Waals surface area contributed by atoms with Crippen LogP contribution in [-0.4, -0.2) is 54.5 Å². The molecule has 1 aromatic heterocycles. The highest BCUT2D eigenvalue weighted by atomic mass is 35.5. The third kappa shape index (κ3) is 6.03. The second-order valence-corrected chi connectivity index (χ2v) is 10.8. The number of nitrogens with one attached hydrogen (secondary N) is 2. The molecule has 1 atom stereocenters. The van der Waals surface area contributed by atoms with Crippen molar-refractivity contribution in [3.8, 4) is 5.69 Å². The maximum atomic E-state index is 13.8. The average molecular weight is 530 g/mol. The standard InChI is InChI=1S/C26H32ClN5O5/c1-15(32(24(36)37)25(2,3)4)21-29-19-12-8-11-18(27)20(19)22(34)31(21)17-10-7-9-16(13-17)28-23(35)30-26(5,6)14-33/h7-13,15,33H,14H2,1-6H3,(H,36,37)(H2,28,30,35)/t15-/m0/s1. The molecule has 3 aromatic rings. The van der Waals surface area contributed by atoms with E-state index in [1.165, 1.54) is 9.47 Å². The summed E-state index contributed by atoms with van der Waals surface area (Å²) in [6.45, 7) is 10.0. The number of benzene rings is 2. The highest BCUT2D eigenvalue weighted by Gasteiger charge is 2.34. The van der Waals surface area contributed by atoms with Crippen LogP contribution in [0.1, 0.15) is 53.4 Å². The van der Waals surface area contributed by atoms with Crippen LogP contribution in [0.2, 0.25) is 5.02 Å². The molecule has 198 valence electrons. The van der Waals surface area contributed by atoms with Crippen LogP contribution in [0.5, 0.6) is 0 Å². The van der Waals surface area contributed by atoms with Crippen molar-refractivity contribution in [2.24, 2.45) is 0 Å². The van der Waals surface area contributed by atoms with Crippen molar-refractivity contribution in [1.29, 1.82) is 0 Å². The number of carboxylic acid groups (broad SMARTS) is 1. The number of halogens is 1. The quantitative estimate of drug-likeness (QED) is 0.363. The maximum Gasteiger partial charge on any atom is 0.408 e. The lowest BCUT2D eigenvalue weighted by Crippen LogP contribution is -2.48. The summed E-state index contributed by atoms with van der Waals surface area (Å²) < 4.78 is 1.32. The normalized spacial score (nSPS) is 12.8. The molecule has 0 aliphatic carbocycles. The van der Waals surface area contributed by atoms with Crippen LogP contribution in [0.25, 0.3) is 16.6 Å². The van der Waals surface area contributed by atoms with Gasteiger partial charge in [0.05, 0.1) is 39.8 Å². The molecule has 0 aliphatic heterocycles. The van der Waals surface area contributed by atoms with Crippen LogP contribution in [0, 0.1) is 0 Å². The molecule has 0 bridgehead atoms. The highest BCUT2D eigenvalue weighted by molar-refractivity contribution is 6.35. The summed E-state index contributed by atoms with van der Waals surface area (Å²) in [5.41, 5.74) is -1.03. The summed E-state index contributed by atoms with van der Waals surface area (Å²) in [6.07, 6.45) is -1.16. The van der Waals surface area contributed by atoms with Gasteiger partial charge in [0.15, 0.2) is 0 Å². The molecule has 0 fully saturated rings. The van der Waals surface area contributed by atoms with E-state index >= 15 is 0 Å². The molecule has 0 saturated carbocycles. The summed E-state index contributed by atoms with van der Waals surface area (Å²) in [5.74, 6) is 0.195. The highest BCUT2D eigenvalue weighted by Crippen LogP contribution is 2.30. The Morgan fingerprint density at radius 1 is 1.14 bits per heavy atom. The minimum atomic E-state index is -1.16. The van der Waals surface area contributed by atoms with Crippen LogP contribution in [0.15, 0.2) is 47.3 Å². The summed E-state index contributed by atoms with van der Waals surface area (Å²) in [4.78, 5) is 44.4. The zero-order valence-corrected chi connectivity index (χ0v) is 22.4. The Labute approximate surface area is 219 Å². The van der Waals surface area contributed by atoms with Gasteiger partial charge < -0.3 is 20.8 Å². The van der Waals surface area contributed by atoms with Crippen LogP contribution in [0.4, 0.5) is 15.3 Å². The lowest BCUT2D eigenvalue weighted by molar-refractivity contribution is 0.0719. The Morgan fingerprint density at radius 2 is 1.78 bits per heavy atom. The van der Waals surface area contributed by atoms with Crippen LogP contribution < -0.4 is 16.2 Å². The van der Waals surface area contributed by atoms with E-state index in [4.69, 9.17) is 11.6 Å². The first-order valence-electron chi connectivity index (χ1n) is 11.7. The molecule has 0 radical (unpaired) electrons. The van der Waals surface area contributed by atoms with Crippen molar-refractivity contribution >= 4 is 40.3 Å². The van der Waals surface area contributed by atoms with Crippen LogP contribution in [-0.2, 0) is 0 Å². The molecule has 0 aliphatic rings. The van der Waals surface area contributed by atoms with Crippen molar-refractivity contribution < 1.29 is 19.8 Å². The number of carbonyl (C=O) groups excluding carboxylic acids is 1. The van der Waals surface area contributed by atoms with Gasteiger partial charge in [0.2, 0.25) is 0 Å². The number of aliphatic hydroxyl groups is 1. The van der Waals surface area contributed by atoms with Gasteiger partial charge in [-0.05, 0) is 71.9 Å². The molecular formula is C26H32ClN5O5. The topological polar surface area (TPSA) is 137 Å². The predicted molar refractivity (Wildman–Crippen MR) is 144 cm³/mol. The molecule has 3 amide bonds. The molecule has 11 heteroatoms. The molecule has 37 heavy (non-hydrogen) atoms. The number of amides is 3. The Kier molecular flexibility index (Phi) is 7.85. The molecule has 2 aromatic carbocycles.